The van der Waals surface area contributed by atoms with Gasteiger partial charge in [-0.3, -0.25) is 9.80 Å². The van der Waals surface area contributed by atoms with Crippen molar-refractivity contribution in [3.8, 4) is 5.75 Å². The van der Waals surface area contributed by atoms with Crippen molar-refractivity contribution in [3.05, 3.63) is 29.8 Å². The fourth-order valence-electron chi connectivity index (χ4n) is 3.35. The molecule has 4 heteroatoms. The summed E-state index contributed by atoms with van der Waals surface area (Å²) in [6.07, 6.45) is -0.456. The Kier molecular flexibility index (Phi) is 3.71. The van der Waals surface area contributed by atoms with Crippen LogP contribution in [0.5, 0.6) is 5.75 Å². The number of rotatable bonds is 1. The van der Waals surface area contributed by atoms with Crippen LogP contribution in [0.4, 0.5) is 0 Å². The third-order valence-electron chi connectivity index (χ3n) is 4.87. The Bertz CT molecular complexity index is 467. The van der Waals surface area contributed by atoms with E-state index in [9.17, 15) is 5.11 Å². The van der Waals surface area contributed by atoms with E-state index in [1.54, 1.807) is 0 Å². The van der Waals surface area contributed by atoms with Crippen LogP contribution in [0, 0.1) is 0 Å². The summed E-state index contributed by atoms with van der Waals surface area (Å²) in [6.45, 7) is 7.02. The molecular formula is C16H24N2O2. The van der Waals surface area contributed by atoms with Gasteiger partial charge in [0.05, 0.1) is 6.04 Å². The summed E-state index contributed by atoms with van der Waals surface area (Å²) < 4.78 is 5.84. The number of nitrogens with zero attached hydrogens (tertiary/aromatic N) is 2. The molecule has 4 nitrogen and oxygen atoms in total. The molecule has 0 saturated carbocycles. The molecule has 0 aromatic heterocycles. The van der Waals surface area contributed by atoms with E-state index in [1.807, 2.05) is 24.3 Å². The number of hydrogen-bond acceptors (Lipinski definition) is 4. The summed E-state index contributed by atoms with van der Waals surface area (Å²) in [5.74, 6) is 0.825. The van der Waals surface area contributed by atoms with Gasteiger partial charge in [-0.1, -0.05) is 18.2 Å². The SMILES string of the molecule is CC1CN(C2COc3ccccc3C2O)CC(C)N1C. The van der Waals surface area contributed by atoms with Crippen LogP contribution in [0.3, 0.4) is 0 Å². The van der Waals surface area contributed by atoms with Crippen molar-refractivity contribution >= 4 is 0 Å². The zero-order chi connectivity index (χ0) is 14.3. The van der Waals surface area contributed by atoms with Crippen molar-refractivity contribution in [1.29, 1.82) is 0 Å². The lowest BCUT2D eigenvalue weighted by atomic mass is 9.96. The third-order valence-corrected chi connectivity index (χ3v) is 4.87. The molecule has 0 radical (unpaired) electrons. The average Bonchev–Trinajstić information content (AvgIpc) is 2.45. The number of hydrogen-bond donors (Lipinski definition) is 1. The van der Waals surface area contributed by atoms with Crippen molar-refractivity contribution in [2.24, 2.45) is 0 Å². The highest BCUT2D eigenvalue weighted by atomic mass is 16.5. The van der Waals surface area contributed by atoms with Gasteiger partial charge in [0.25, 0.3) is 0 Å². The number of likely N-dealkylation sites (N-methyl/N-ethyl adjacent to an activating group) is 1. The second-order valence-electron chi connectivity index (χ2n) is 6.18. The Morgan fingerprint density at radius 1 is 1.15 bits per heavy atom. The molecule has 1 N–H and O–H groups in total. The zero-order valence-corrected chi connectivity index (χ0v) is 12.5. The van der Waals surface area contributed by atoms with E-state index in [-0.39, 0.29) is 6.04 Å². The van der Waals surface area contributed by atoms with Crippen LogP contribution in [-0.4, -0.2) is 59.8 Å². The summed E-state index contributed by atoms with van der Waals surface area (Å²) in [6, 6.07) is 8.88. The van der Waals surface area contributed by atoms with E-state index >= 15 is 0 Å². The topological polar surface area (TPSA) is 35.9 Å². The summed E-state index contributed by atoms with van der Waals surface area (Å²) >= 11 is 0. The zero-order valence-electron chi connectivity index (χ0n) is 12.5. The van der Waals surface area contributed by atoms with E-state index in [1.165, 1.54) is 0 Å². The minimum atomic E-state index is -0.456. The van der Waals surface area contributed by atoms with Gasteiger partial charge in [0.1, 0.15) is 18.5 Å². The van der Waals surface area contributed by atoms with Crippen LogP contribution in [0.25, 0.3) is 0 Å². The smallest absolute Gasteiger partial charge is 0.125 e. The predicted molar refractivity (Wildman–Crippen MR) is 78.9 cm³/mol. The number of para-hydroxylation sites is 1. The van der Waals surface area contributed by atoms with E-state index in [0.717, 1.165) is 24.4 Å². The molecule has 1 aromatic rings. The molecular weight excluding hydrogens is 252 g/mol. The first-order chi connectivity index (χ1) is 9.58. The average molecular weight is 276 g/mol. The molecule has 3 rings (SSSR count). The van der Waals surface area contributed by atoms with Gasteiger partial charge >= 0.3 is 0 Å². The van der Waals surface area contributed by atoms with Crippen LogP contribution >= 0.6 is 0 Å². The van der Waals surface area contributed by atoms with Gasteiger partial charge in [0.2, 0.25) is 0 Å². The summed E-state index contributed by atoms with van der Waals surface area (Å²) in [5.41, 5.74) is 0.919. The molecule has 2 aliphatic heterocycles. The van der Waals surface area contributed by atoms with Crippen molar-refractivity contribution in [1.82, 2.24) is 9.80 Å². The predicted octanol–water partition coefficient (Wildman–Crippen LogP) is 1.51. The molecule has 0 spiro atoms. The molecule has 0 aliphatic carbocycles. The molecule has 4 unspecified atom stereocenters. The number of fused-ring (bicyclic) bond motifs is 1. The number of aliphatic hydroxyl groups excluding tert-OH is 1. The van der Waals surface area contributed by atoms with Crippen LogP contribution < -0.4 is 4.74 Å². The number of benzene rings is 1. The maximum Gasteiger partial charge on any atom is 0.125 e. The number of aliphatic hydroxyl groups is 1. The van der Waals surface area contributed by atoms with Gasteiger partial charge in [-0.15, -0.1) is 0 Å². The maximum atomic E-state index is 10.7. The van der Waals surface area contributed by atoms with E-state index in [2.05, 4.69) is 30.7 Å². The second kappa shape index (κ2) is 5.35. The van der Waals surface area contributed by atoms with Crippen molar-refractivity contribution < 1.29 is 9.84 Å². The largest absolute Gasteiger partial charge is 0.491 e. The highest BCUT2D eigenvalue weighted by Gasteiger charge is 2.37. The molecule has 2 heterocycles. The molecule has 0 bridgehead atoms. The minimum Gasteiger partial charge on any atom is -0.491 e. The van der Waals surface area contributed by atoms with Crippen molar-refractivity contribution in [2.45, 2.75) is 38.1 Å². The van der Waals surface area contributed by atoms with Gasteiger partial charge in [0.15, 0.2) is 0 Å². The van der Waals surface area contributed by atoms with Gasteiger partial charge in [0, 0.05) is 30.7 Å². The lowest BCUT2D eigenvalue weighted by Crippen LogP contribution is -2.60. The first kappa shape index (κ1) is 13.9. The van der Waals surface area contributed by atoms with Crippen LogP contribution in [0.1, 0.15) is 25.5 Å². The van der Waals surface area contributed by atoms with Gasteiger partial charge in [-0.05, 0) is 27.0 Å². The highest BCUT2D eigenvalue weighted by Crippen LogP contribution is 2.34. The molecule has 4 atom stereocenters. The molecule has 2 aliphatic rings. The molecule has 1 fully saturated rings. The highest BCUT2D eigenvalue weighted by molar-refractivity contribution is 5.37. The lowest BCUT2D eigenvalue weighted by molar-refractivity contribution is -0.0407. The molecule has 20 heavy (non-hydrogen) atoms. The summed E-state index contributed by atoms with van der Waals surface area (Å²) in [4.78, 5) is 4.79. The first-order valence-corrected chi connectivity index (χ1v) is 7.43. The van der Waals surface area contributed by atoms with Crippen LogP contribution in [0.2, 0.25) is 0 Å². The normalized spacial score (nSPS) is 35.4. The second-order valence-corrected chi connectivity index (χ2v) is 6.18. The lowest BCUT2D eigenvalue weighted by Gasteiger charge is -2.47. The molecule has 1 aromatic carbocycles. The van der Waals surface area contributed by atoms with Crippen LogP contribution in [-0.2, 0) is 0 Å². The van der Waals surface area contributed by atoms with E-state index in [0.29, 0.717) is 18.7 Å². The Balaban J connectivity index is 1.79. The van der Waals surface area contributed by atoms with Gasteiger partial charge < -0.3 is 9.84 Å². The molecule has 110 valence electrons. The van der Waals surface area contributed by atoms with Crippen molar-refractivity contribution in [3.63, 3.8) is 0 Å². The van der Waals surface area contributed by atoms with Gasteiger partial charge in [-0.2, -0.15) is 0 Å². The summed E-state index contributed by atoms with van der Waals surface area (Å²) in [5, 5.41) is 10.7. The Labute approximate surface area is 120 Å². The fourth-order valence-corrected chi connectivity index (χ4v) is 3.35. The Hall–Kier alpha value is -1.10. The summed E-state index contributed by atoms with van der Waals surface area (Å²) in [7, 11) is 2.18. The van der Waals surface area contributed by atoms with E-state index < -0.39 is 6.10 Å². The number of ether oxygens (including phenoxy) is 1. The minimum absolute atomic E-state index is 0.0588. The third kappa shape index (κ3) is 2.32. The van der Waals surface area contributed by atoms with Crippen molar-refractivity contribution in [2.75, 3.05) is 26.7 Å². The Morgan fingerprint density at radius 2 is 1.80 bits per heavy atom. The first-order valence-electron chi connectivity index (χ1n) is 7.43. The van der Waals surface area contributed by atoms with Crippen LogP contribution in [0.15, 0.2) is 24.3 Å². The fraction of sp³-hybridized carbons (Fsp3) is 0.625. The maximum absolute atomic E-state index is 10.7. The molecule has 1 saturated heterocycles. The quantitative estimate of drug-likeness (QED) is 0.843. The molecule has 0 amide bonds. The monoisotopic (exact) mass is 276 g/mol. The van der Waals surface area contributed by atoms with Gasteiger partial charge in [-0.25, -0.2) is 0 Å². The Morgan fingerprint density at radius 3 is 2.50 bits per heavy atom. The number of piperazine rings is 1. The van der Waals surface area contributed by atoms with E-state index in [4.69, 9.17) is 4.74 Å². The standard InChI is InChI=1S/C16H24N2O2/c1-11-8-18(9-12(2)17(11)3)14-10-20-15-7-5-4-6-13(15)16(14)19/h4-7,11-12,14,16,19H,8-10H2,1-3H3.